The molecule has 1 aromatic heterocycles. The normalized spacial score (nSPS) is 10.7. The molecule has 0 saturated heterocycles. The highest BCUT2D eigenvalue weighted by Crippen LogP contribution is 2.36. The molecule has 0 spiro atoms. The molecule has 0 bridgehead atoms. The Morgan fingerprint density at radius 1 is 1.28 bits per heavy atom. The molecule has 0 aliphatic carbocycles. The summed E-state index contributed by atoms with van der Waals surface area (Å²) < 4.78 is 20.7. The number of nitrogens with zero attached hydrogens (tertiary/aromatic N) is 2. The van der Waals surface area contributed by atoms with Crippen LogP contribution in [0.1, 0.15) is 11.1 Å². The van der Waals surface area contributed by atoms with Gasteiger partial charge in [-0.3, -0.25) is 4.68 Å². The van der Waals surface area contributed by atoms with Crippen LogP contribution in [0.3, 0.4) is 0 Å². The number of aromatic nitrogens is 2. The lowest BCUT2D eigenvalue weighted by molar-refractivity contribution is 0.404. The summed E-state index contributed by atoms with van der Waals surface area (Å²) in [6, 6.07) is 1.47. The Bertz CT molecular complexity index is 605. The van der Waals surface area contributed by atoms with Crippen LogP contribution in [0, 0.1) is 19.7 Å². The molecule has 2 aromatic rings. The van der Waals surface area contributed by atoms with Gasteiger partial charge in [-0.05, 0) is 31.0 Å². The van der Waals surface area contributed by atoms with E-state index in [9.17, 15) is 4.39 Å². The van der Waals surface area contributed by atoms with E-state index in [1.807, 2.05) is 6.92 Å². The minimum absolute atomic E-state index is 0.310. The van der Waals surface area contributed by atoms with Gasteiger partial charge in [0.1, 0.15) is 17.4 Å². The average molecular weight is 249 g/mol. The second kappa shape index (κ2) is 4.33. The molecule has 18 heavy (non-hydrogen) atoms. The van der Waals surface area contributed by atoms with Gasteiger partial charge >= 0.3 is 0 Å². The molecule has 1 heterocycles. The van der Waals surface area contributed by atoms with Crippen molar-refractivity contribution in [3.8, 4) is 16.9 Å². The van der Waals surface area contributed by atoms with Crippen LogP contribution in [-0.4, -0.2) is 16.9 Å². The van der Waals surface area contributed by atoms with E-state index in [-0.39, 0.29) is 5.82 Å². The SMILES string of the molecule is COc1c(C)c(F)cc(-c2cnn(C)c2N)c1C. The van der Waals surface area contributed by atoms with Gasteiger partial charge in [0.15, 0.2) is 0 Å². The summed E-state index contributed by atoms with van der Waals surface area (Å²) in [5, 5.41) is 4.07. The van der Waals surface area contributed by atoms with Crippen LogP contribution in [0.4, 0.5) is 10.2 Å². The van der Waals surface area contributed by atoms with Crippen molar-refractivity contribution in [1.82, 2.24) is 9.78 Å². The predicted molar refractivity (Wildman–Crippen MR) is 69.0 cm³/mol. The highest BCUT2D eigenvalue weighted by molar-refractivity contribution is 5.78. The van der Waals surface area contributed by atoms with Crippen molar-refractivity contribution < 1.29 is 9.13 Å². The Hall–Kier alpha value is -2.04. The number of benzene rings is 1. The zero-order valence-electron chi connectivity index (χ0n) is 10.9. The second-order valence-electron chi connectivity index (χ2n) is 4.26. The molecular formula is C13H16FN3O. The summed E-state index contributed by atoms with van der Waals surface area (Å²) in [5.41, 5.74) is 8.70. The van der Waals surface area contributed by atoms with Crippen molar-refractivity contribution >= 4 is 5.82 Å². The van der Waals surface area contributed by atoms with Gasteiger partial charge in [0.05, 0.1) is 13.3 Å². The summed E-state index contributed by atoms with van der Waals surface area (Å²) in [6.45, 7) is 3.57. The largest absolute Gasteiger partial charge is 0.496 e. The molecule has 5 heteroatoms. The monoisotopic (exact) mass is 249 g/mol. The molecule has 0 amide bonds. The summed E-state index contributed by atoms with van der Waals surface area (Å²) >= 11 is 0. The maximum atomic E-state index is 13.9. The van der Waals surface area contributed by atoms with Gasteiger partial charge in [-0.25, -0.2) is 4.39 Å². The molecule has 0 aliphatic heterocycles. The minimum atomic E-state index is -0.310. The zero-order chi connectivity index (χ0) is 13.4. The molecule has 0 saturated carbocycles. The number of methoxy groups -OCH3 is 1. The number of aryl methyl sites for hydroxylation is 1. The van der Waals surface area contributed by atoms with Crippen molar-refractivity contribution in [2.24, 2.45) is 7.05 Å². The van der Waals surface area contributed by atoms with Gasteiger partial charge in [-0.1, -0.05) is 0 Å². The minimum Gasteiger partial charge on any atom is -0.496 e. The molecule has 0 radical (unpaired) electrons. The highest BCUT2D eigenvalue weighted by Gasteiger charge is 2.17. The predicted octanol–water partition coefficient (Wildman–Crippen LogP) is 2.43. The lowest BCUT2D eigenvalue weighted by atomic mass is 9.98. The third kappa shape index (κ3) is 1.72. The van der Waals surface area contributed by atoms with Crippen LogP contribution in [0.2, 0.25) is 0 Å². The topological polar surface area (TPSA) is 53.1 Å². The second-order valence-corrected chi connectivity index (χ2v) is 4.26. The van der Waals surface area contributed by atoms with Gasteiger partial charge in [-0.2, -0.15) is 5.10 Å². The molecule has 2 N–H and O–H groups in total. The molecule has 1 aromatic carbocycles. The Labute approximate surface area is 105 Å². The average Bonchev–Trinajstić information content (AvgIpc) is 2.66. The first-order valence-corrected chi connectivity index (χ1v) is 5.59. The van der Waals surface area contributed by atoms with Crippen molar-refractivity contribution in [3.63, 3.8) is 0 Å². The molecule has 0 unspecified atom stereocenters. The van der Waals surface area contributed by atoms with Crippen LogP contribution < -0.4 is 10.5 Å². The van der Waals surface area contributed by atoms with Crippen LogP contribution in [-0.2, 0) is 7.05 Å². The maximum Gasteiger partial charge on any atom is 0.130 e. The number of ether oxygens (including phenoxy) is 1. The van der Waals surface area contributed by atoms with Gasteiger partial charge < -0.3 is 10.5 Å². The van der Waals surface area contributed by atoms with Crippen molar-refractivity contribution in [3.05, 3.63) is 29.2 Å². The van der Waals surface area contributed by atoms with E-state index >= 15 is 0 Å². The standard InChI is InChI=1S/C13H16FN3O/c1-7-9(10-6-16-17(3)13(10)15)5-11(14)8(2)12(7)18-4/h5-6H,15H2,1-4H3. The van der Waals surface area contributed by atoms with Crippen LogP contribution in [0.25, 0.3) is 11.1 Å². The molecule has 2 rings (SSSR count). The number of hydrogen-bond donors (Lipinski definition) is 1. The Morgan fingerprint density at radius 2 is 1.94 bits per heavy atom. The fraction of sp³-hybridized carbons (Fsp3) is 0.308. The van der Waals surface area contributed by atoms with E-state index in [1.54, 1.807) is 24.9 Å². The first-order valence-electron chi connectivity index (χ1n) is 5.59. The quantitative estimate of drug-likeness (QED) is 0.889. The lowest BCUT2D eigenvalue weighted by Gasteiger charge is -2.13. The maximum absolute atomic E-state index is 13.9. The van der Waals surface area contributed by atoms with E-state index in [0.717, 1.165) is 5.56 Å². The van der Waals surface area contributed by atoms with E-state index in [1.165, 1.54) is 13.2 Å². The smallest absolute Gasteiger partial charge is 0.130 e. The first kappa shape index (κ1) is 12.4. The summed E-state index contributed by atoms with van der Waals surface area (Å²) in [6.07, 6.45) is 1.63. The van der Waals surface area contributed by atoms with E-state index in [0.29, 0.717) is 28.3 Å². The first-order chi connectivity index (χ1) is 8.47. The fourth-order valence-electron chi connectivity index (χ4n) is 2.10. The number of rotatable bonds is 2. The molecule has 0 atom stereocenters. The summed E-state index contributed by atoms with van der Waals surface area (Å²) in [4.78, 5) is 0. The number of nitrogen functional groups attached to an aromatic ring is 1. The van der Waals surface area contributed by atoms with Crippen LogP contribution in [0.5, 0.6) is 5.75 Å². The van der Waals surface area contributed by atoms with E-state index in [2.05, 4.69) is 5.10 Å². The van der Waals surface area contributed by atoms with Crippen molar-refractivity contribution in [2.45, 2.75) is 13.8 Å². The van der Waals surface area contributed by atoms with Gasteiger partial charge in [0, 0.05) is 18.2 Å². The molecular weight excluding hydrogens is 233 g/mol. The third-order valence-corrected chi connectivity index (χ3v) is 3.19. The Kier molecular flexibility index (Phi) is 2.98. The number of hydrogen-bond acceptors (Lipinski definition) is 3. The molecule has 0 fully saturated rings. The zero-order valence-corrected chi connectivity index (χ0v) is 10.9. The number of anilines is 1. The van der Waals surface area contributed by atoms with Gasteiger partial charge in [0.2, 0.25) is 0 Å². The summed E-state index contributed by atoms with van der Waals surface area (Å²) in [5.74, 6) is 0.743. The van der Waals surface area contributed by atoms with Gasteiger partial charge in [0.25, 0.3) is 0 Å². The highest BCUT2D eigenvalue weighted by atomic mass is 19.1. The third-order valence-electron chi connectivity index (χ3n) is 3.19. The van der Waals surface area contributed by atoms with Gasteiger partial charge in [-0.15, -0.1) is 0 Å². The van der Waals surface area contributed by atoms with E-state index < -0.39 is 0 Å². The molecule has 0 aliphatic rings. The number of nitrogens with two attached hydrogens (primary N) is 1. The molecule has 96 valence electrons. The summed E-state index contributed by atoms with van der Waals surface area (Å²) in [7, 11) is 3.28. The van der Waals surface area contributed by atoms with Crippen molar-refractivity contribution in [1.29, 1.82) is 0 Å². The van der Waals surface area contributed by atoms with Crippen molar-refractivity contribution in [2.75, 3.05) is 12.8 Å². The Morgan fingerprint density at radius 3 is 2.44 bits per heavy atom. The van der Waals surface area contributed by atoms with Crippen LogP contribution in [0.15, 0.2) is 12.3 Å². The van der Waals surface area contributed by atoms with Crippen LogP contribution >= 0.6 is 0 Å². The number of halogens is 1. The lowest BCUT2D eigenvalue weighted by Crippen LogP contribution is -2.00. The molecule has 4 nitrogen and oxygen atoms in total. The Balaban J connectivity index is 2.73. The fourth-order valence-corrected chi connectivity index (χ4v) is 2.10. The van der Waals surface area contributed by atoms with E-state index in [4.69, 9.17) is 10.5 Å².